The molecule has 4 rings (SSSR count). The first-order chi connectivity index (χ1) is 15.3. The first-order valence-electron chi connectivity index (χ1n) is 9.35. The molecule has 0 fully saturated rings. The number of rotatable bonds is 6. The predicted molar refractivity (Wildman–Crippen MR) is 112 cm³/mol. The van der Waals surface area contributed by atoms with Gasteiger partial charge in [0, 0.05) is 33.8 Å². The zero-order chi connectivity index (χ0) is 22.8. The van der Waals surface area contributed by atoms with Crippen molar-refractivity contribution in [3.05, 3.63) is 94.4 Å². The van der Waals surface area contributed by atoms with Crippen molar-refractivity contribution in [2.75, 3.05) is 0 Å². The Bertz CT molecular complexity index is 1320. The number of nitrogens with zero attached hydrogens (tertiary/aromatic N) is 1. The fraction of sp³-hybridized carbons (Fsp3) is 0.0870. The summed E-state index contributed by atoms with van der Waals surface area (Å²) in [7, 11) is 0. The minimum Gasteiger partial charge on any atom is -0.488 e. The third-order valence-corrected chi connectivity index (χ3v) is 5.04. The van der Waals surface area contributed by atoms with Gasteiger partial charge in [-0.3, -0.25) is 0 Å². The third-order valence-electron chi connectivity index (χ3n) is 4.81. The lowest BCUT2D eigenvalue weighted by Crippen LogP contribution is -2.05. The summed E-state index contributed by atoms with van der Waals surface area (Å²) in [5, 5.41) is 9.95. The van der Waals surface area contributed by atoms with Gasteiger partial charge in [0.15, 0.2) is 11.6 Å². The van der Waals surface area contributed by atoms with Crippen molar-refractivity contribution in [2.24, 2.45) is 0 Å². The molecule has 0 aliphatic rings. The summed E-state index contributed by atoms with van der Waals surface area (Å²) in [5.41, 5.74) is 1.22. The number of benzene rings is 3. The van der Waals surface area contributed by atoms with Gasteiger partial charge in [-0.2, -0.15) is 0 Å². The highest BCUT2D eigenvalue weighted by Gasteiger charge is 2.14. The second kappa shape index (κ2) is 8.84. The lowest BCUT2D eigenvalue weighted by Gasteiger charge is -2.14. The van der Waals surface area contributed by atoms with Crippen LogP contribution in [-0.2, 0) is 13.2 Å². The Hall–Kier alpha value is -3.65. The molecule has 0 saturated carbocycles. The molecule has 0 aliphatic carbocycles. The van der Waals surface area contributed by atoms with E-state index in [4.69, 9.17) is 26.2 Å². The van der Waals surface area contributed by atoms with Crippen molar-refractivity contribution in [1.82, 2.24) is 4.57 Å². The van der Waals surface area contributed by atoms with Crippen molar-refractivity contribution < 1.29 is 32.5 Å². The first-order valence-corrected chi connectivity index (χ1v) is 9.73. The van der Waals surface area contributed by atoms with Gasteiger partial charge in [0.1, 0.15) is 23.9 Å². The Balaban J connectivity index is 1.62. The summed E-state index contributed by atoms with van der Waals surface area (Å²) in [5.74, 6) is -2.78. The molecule has 0 bridgehead atoms. The number of ether oxygens (including phenoxy) is 2. The van der Waals surface area contributed by atoms with Gasteiger partial charge in [0.05, 0.1) is 12.1 Å². The average Bonchev–Trinajstić information content (AvgIpc) is 3.14. The molecule has 0 aliphatic heterocycles. The predicted octanol–water partition coefficient (Wildman–Crippen LogP) is 6.40. The van der Waals surface area contributed by atoms with Crippen molar-refractivity contribution in [2.45, 2.75) is 13.2 Å². The topological polar surface area (TPSA) is 60.7 Å². The zero-order valence-electron chi connectivity index (χ0n) is 16.3. The van der Waals surface area contributed by atoms with Gasteiger partial charge in [-0.15, -0.1) is 0 Å². The van der Waals surface area contributed by atoms with Crippen LogP contribution in [0.4, 0.5) is 18.0 Å². The highest BCUT2D eigenvalue weighted by Crippen LogP contribution is 2.30. The minimum absolute atomic E-state index is 0.133. The Morgan fingerprint density at radius 2 is 1.72 bits per heavy atom. The summed E-state index contributed by atoms with van der Waals surface area (Å²) in [6.45, 7) is -0.0309. The Labute approximate surface area is 185 Å². The van der Waals surface area contributed by atoms with Crippen molar-refractivity contribution in [3.8, 4) is 11.5 Å². The Morgan fingerprint density at radius 1 is 0.938 bits per heavy atom. The second-order valence-electron chi connectivity index (χ2n) is 6.90. The molecule has 0 radical (unpaired) electrons. The van der Waals surface area contributed by atoms with E-state index in [1.165, 1.54) is 0 Å². The van der Waals surface area contributed by atoms with Gasteiger partial charge in [0.2, 0.25) is 0 Å². The van der Waals surface area contributed by atoms with E-state index in [1.807, 2.05) is 4.57 Å². The maximum absolute atomic E-state index is 13.9. The number of hydrogen-bond donors (Lipinski definition) is 1. The van der Waals surface area contributed by atoms with Crippen LogP contribution in [0, 0.1) is 17.5 Å². The van der Waals surface area contributed by atoms with Gasteiger partial charge in [0.25, 0.3) is 0 Å². The fourth-order valence-electron chi connectivity index (χ4n) is 3.34. The molecule has 3 aromatic carbocycles. The van der Waals surface area contributed by atoms with Crippen LogP contribution < -0.4 is 9.47 Å². The highest BCUT2D eigenvalue weighted by molar-refractivity contribution is 6.30. The average molecular weight is 462 g/mol. The van der Waals surface area contributed by atoms with Crippen LogP contribution in [0.2, 0.25) is 5.02 Å². The molecular formula is C23H15ClF3NO4. The molecule has 1 aromatic heterocycles. The van der Waals surface area contributed by atoms with Crippen LogP contribution in [0.25, 0.3) is 10.9 Å². The van der Waals surface area contributed by atoms with Crippen LogP contribution in [0.1, 0.15) is 11.1 Å². The lowest BCUT2D eigenvalue weighted by atomic mass is 10.1. The van der Waals surface area contributed by atoms with Crippen molar-refractivity contribution in [1.29, 1.82) is 0 Å². The van der Waals surface area contributed by atoms with Crippen LogP contribution in [0.5, 0.6) is 11.5 Å². The molecule has 1 N–H and O–H groups in total. The highest BCUT2D eigenvalue weighted by atomic mass is 35.5. The molecule has 0 amide bonds. The molecular weight excluding hydrogens is 447 g/mol. The number of carboxylic acid groups (broad SMARTS) is 1. The summed E-state index contributed by atoms with van der Waals surface area (Å²) in [6, 6.07) is 12.8. The molecule has 5 nitrogen and oxygen atoms in total. The largest absolute Gasteiger partial charge is 0.511 e. The molecule has 9 heteroatoms. The second-order valence-corrected chi connectivity index (χ2v) is 7.34. The van der Waals surface area contributed by atoms with Gasteiger partial charge in [-0.25, -0.2) is 18.0 Å². The molecule has 0 atom stereocenters. The summed E-state index contributed by atoms with van der Waals surface area (Å²) in [6.07, 6.45) is 0.333. The van der Waals surface area contributed by atoms with E-state index in [1.54, 1.807) is 48.7 Å². The van der Waals surface area contributed by atoms with Crippen molar-refractivity contribution >= 4 is 28.7 Å². The van der Waals surface area contributed by atoms with E-state index in [-0.39, 0.29) is 24.5 Å². The van der Waals surface area contributed by atoms with E-state index in [0.29, 0.717) is 33.3 Å². The number of halogens is 4. The van der Waals surface area contributed by atoms with Crippen LogP contribution in [0.3, 0.4) is 0 Å². The maximum Gasteiger partial charge on any atom is 0.511 e. The van der Waals surface area contributed by atoms with E-state index in [0.717, 1.165) is 6.07 Å². The van der Waals surface area contributed by atoms with Crippen LogP contribution >= 0.6 is 11.6 Å². The van der Waals surface area contributed by atoms with E-state index >= 15 is 0 Å². The van der Waals surface area contributed by atoms with Crippen LogP contribution in [-0.4, -0.2) is 15.8 Å². The third kappa shape index (κ3) is 4.50. The van der Waals surface area contributed by atoms with Crippen LogP contribution in [0.15, 0.2) is 60.8 Å². The summed E-state index contributed by atoms with van der Waals surface area (Å²) in [4.78, 5) is 10.9. The molecule has 0 saturated heterocycles. The maximum atomic E-state index is 13.9. The number of fused-ring (bicyclic) bond motifs is 1. The van der Waals surface area contributed by atoms with E-state index in [9.17, 15) is 18.0 Å². The van der Waals surface area contributed by atoms with E-state index < -0.39 is 23.6 Å². The molecule has 0 spiro atoms. The molecule has 1 heterocycles. The number of aromatic nitrogens is 1. The van der Waals surface area contributed by atoms with Gasteiger partial charge in [-0.05, 0) is 42.5 Å². The van der Waals surface area contributed by atoms with Gasteiger partial charge in [-0.1, -0.05) is 17.7 Å². The van der Waals surface area contributed by atoms with E-state index in [2.05, 4.69) is 0 Å². The van der Waals surface area contributed by atoms with Gasteiger partial charge < -0.3 is 19.1 Å². The normalized spacial score (nSPS) is 11.0. The summed E-state index contributed by atoms with van der Waals surface area (Å²) >= 11 is 6.14. The summed E-state index contributed by atoms with van der Waals surface area (Å²) < 4.78 is 52.9. The standard InChI is InChI=1S/C23H15ClF3NO4/c24-15-4-5-21(31-12-14-9-18(26)19(27)10-17(14)25)13(8-15)11-28-7-6-16-20(28)2-1-3-22(16)32-23(29)30/h1-10H,11-12H2,(H,29,30). The Morgan fingerprint density at radius 3 is 2.50 bits per heavy atom. The molecule has 0 unspecified atom stereocenters. The SMILES string of the molecule is O=C(O)Oc1cccc2c1ccn2Cc1cc(Cl)ccc1OCc1cc(F)c(F)cc1F. The minimum atomic E-state index is -1.42. The van der Waals surface area contributed by atoms with Crippen molar-refractivity contribution in [3.63, 3.8) is 0 Å². The Kier molecular flexibility index (Phi) is 5.96. The number of hydrogen-bond acceptors (Lipinski definition) is 3. The lowest BCUT2D eigenvalue weighted by molar-refractivity contribution is 0.145. The van der Waals surface area contributed by atoms with Gasteiger partial charge >= 0.3 is 6.16 Å². The monoisotopic (exact) mass is 461 g/mol. The molecule has 32 heavy (non-hydrogen) atoms. The fourth-order valence-corrected chi connectivity index (χ4v) is 3.54. The smallest absolute Gasteiger partial charge is 0.488 e. The molecule has 164 valence electrons. The zero-order valence-corrected chi connectivity index (χ0v) is 17.1. The number of carbonyl (C=O) groups is 1. The quantitative estimate of drug-likeness (QED) is 0.205. The first kappa shape index (κ1) is 21.6. The molecule has 4 aromatic rings.